The summed E-state index contributed by atoms with van der Waals surface area (Å²) < 4.78 is 0. The summed E-state index contributed by atoms with van der Waals surface area (Å²) in [5.41, 5.74) is 0.419. The van der Waals surface area contributed by atoms with Crippen molar-refractivity contribution in [3.05, 3.63) is 24.4 Å². The molecule has 0 aromatic heterocycles. The lowest BCUT2D eigenvalue weighted by Crippen LogP contribution is -2.16. The number of nitrogens with one attached hydrogen (secondary N) is 1. The number of amides is 1. The predicted octanol–water partition coefficient (Wildman–Crippen LogP) is 0.716. The van der Waals surface area contributed by atoms with Gasteiger partial charge in [-0.15, -0.1) is 0 Å². The van der Waals surface area contributed by atoms with E-state index in [9.17, 15) is 4.79 Å². The van der Waals surface area contributed by atoms with Gasteiger partial charge in [-0.1, -0.05) is 6.58 Å². The Morgan fingerprint density at radius 2 is 2.40 bits per heavy atom. The summed E-state index contributed by atoms with van der Waals surface area (Å²) in [5, 5.41) is 10.3. The van der Waals surface area contributed by atoms with Crippen molar-refractivity contribution < 1.29 is 4.79 Å². The van der Waals surface area contributed by atoms with Gasteiger partial charge in [-0.2, -0.15) is 5.26 Å². The number of nitriles is 1. The van der Waals surface area contributed by atoms with Crippen LogP contribution in [-0.2, 0) is 4.79 Å². The van der Waals surface area contributed by atoms with Crippen LogP contribution >= 0.6 is 0 Å². The maximum Gasteiger partial charge on any atom is 0.250 e. The molecule has 0 fully saturated rings. The van der Waals surface area contributed by atoms with E-state index in [0.29, 0.717) is 5.57 Å². The van der Waals surface area contributed by atoms with E-state index in [2.05, 4.69) is 11.9 Å². The second-order valence-corrected chi connectivity index (χ2v) is 1.72. The molecule has 0 heterocycles. The molecule has 0 rings (SSSR count). The van der Waals surface area contributed by atoms with Gasteiger partial charge in [0.05, 0.1) is 6.07 Å². The van der Waals surface area contributed by atoms with Gasteiger partial charge in [-0.3, -0.25) is 4.79 Å². The summed E-state index contributed by atoms with van der Waals surface area (Å²) in [6.07, 6.45) is 2.46. The summed E-state index contributed by atoms with van der Waals surface area (Å²) in [6.45, 7) is 5.00. The Bertz CT molecular complexity index is 210. The summed E-state index contributed by atoms with van der Waals surface area (Å²) in [4.78, 5) is 10.6. The first-order chi connectivity index (χ1) is 4.68. The number of hydrogen-bond acceptors (Lipinski definition) is 2. The van der Waals surface area contributed by atoms with Gasteiger partial charge in [-0.25, -0.2) is 0 Å². The van der Waals surface area contributed by atoms with Gasteiger partial charge in [0, 0.05) is 17.8 Å². The Hall–Kier alpha value is -1.56. The quantitative estimate of drug-likeness (QED) is 0.449. The Labute approximate surface area is 59.7 Å². The monoisotopic (exact) mass is 136 g/mol. The van der Waals surface area contributed by atoms with E-state index in [4.69, 9.17) is 5.26 Å². The van der Waals surface area contributed by atoms with E-state index in [1.165, 1.54) is 12.3 Å². The largest absolute Gasteiger partial charge is 0.328 e. The molecule has 0 aliphatic carbocycles. The van der Waals surface area contributed by atoms with Crippen LogP contribution in [0.3, 0.4) is 0 Å². The molecule has 0 spiro atoms. The van der Waals surface area contributed by atoms with E-state index in [1.807, 2.05) is 0 Å². The molecule has 0 bridgehead atoms. The summed E-state index contributed by atoms with van der Waals surface area (Å²) in [5.74, 6) is -0.272. The maximum atomic E-state index is 10.6. The van der Waals surface area contributed by atoms with E-state index < -0.39 is 0 Å². The highest BCUT2D eigenvalue weighted by Gasteiger charge is 1.94. The van der Waals surface area contributed by atoms with Crippen LogP contribution in [0, 0.1) is 11.3 Å². The number of carbonyl (C=O) groups excluding carboxylic acids is 1. The van der Waals surface area contributed by atoms with Gasteiger partial charge < -0.3 is 5.32 Å². The van der Waals surface area contributed by atoms with Crippen molar-refractivity contribution in [3.63, 3.8) is 0 Å². The molecule has 0 aliphatic rings. The number of carbonyl (C=O) groups is 1. The van der Waals surface area contributed by atoms with E-state index in [-0.39, 0.29) is 5.91 Å². The van der Waals surface area contributed by atoms with Crippen LogP contribution in [0.1, 0.15) is 6.92 Å². The van der Waals surface area contributed by atoms with Gasteiger partial charge in [0.2, 0.25) is 5.91 Å². The third-order valence-electron chi connectivity index (χ3n) is 0.760. The second-order valence-electron chi connectivity index (χ2n) is 1.72. The first-order valence-corrected chi connectivity index (χ1v) is 2.69. The minimum atomic E-state index is -0.272. The zero-order valence-electron chi connectivity index (χ0n) is 5.72. The third kappa shape index (κ3) is 3.44. The molecule has 52 valence electrons. The molecule has 0 aromatic carbocycles. The Morgan fingerprint density at radius 1 is 1.80 bits per heavy atom. The van der Waals surface area contributed by atoms with E-state index in [1.54, 1.807) is 13.0 Å². The smallest absolute Gasteiger partial charge is 0.250 e. The van der Waals surface area contributed by atoms with Crippen molar-refractivity contribution in [2.24, 2.45) is 0 Å². The number of hydrogen-bond donors (Lipinski definition) is 1. The highest BCUT2D eigenvalue weighted by molar-refractivity contribution is 5.92. The van der Waals surface area contributed by atoms with Crippen LogP contribution in [0.15, 0.2) is 24.4 Å². The van der Waals surface area contributed by atoms with Crippen molar-refractivity contribution >= 4 is 5.91 Å². The van der Waals surface area contributed by atoms with Gasteiger partial charge in [0.25, 0.3) is 0 Å². The first-order valence-electron chi connectivity index (χ1n) is 2.69. The van der Waals surface area contributed by atoms with Crippen LogP contribution in [0.25, 0.3) is 0 Å². The lowest BCUT2D eigenvalue weighted by molar-refractivity contribution is -0.116. The molecule has 3 nitrogen and oxygen atoms in total. The highest BCUT2D eigenvalue weighted by atomic mass is 16.1. The van der Waals surface area contributed by atoms with Crippen LogP contribution in [0.4, 0.5) is 0 Å². The molecule has 0 atom stereocenters. The second kappa shape index (κ2) is 4.33. The molecule has 0 radical (unpaired) electrons. The molecule has 1 amide bonds. The number of rotatable bonds is 2. The minimum absolute atomic E-state index is 0.272. The van der Waals surface area contributed by atoms with Crippen molar-refractivity contribution in [3.8, 4) is 6.07 Å². The van der Waals surface area contributed by atoms with E-state index in [0.717, 1.165) is 0 Å². The van der Waals surface area contributed by atoms with Gasteiger partial charge in [0.1, 0.15) is 0 Å². The third-order valence-corrected chi connectivity index (χ3v) is 0.760. The Morgan fingerprint density at radius 3 is 2.80 bits per heavy atom. The van der Waals surface area contributed by atoms with Crippen molar-refractivity contribution in [1.29, 1.82) is 5.26 Å². The fraction of sp³-hybridized carbons (Fsp3) is 0.143. The molecule has 1 N–H and O–H groups in total. The standard InChI is InChI=1S/C7H8N2O/c1-6(2)7(10)9-5-3-4-8/h3,5H,1H2,2H3,(H,9,10). The molecular weight excluding hydrogens is 128 g/mol. The molecule has 10 heavy (non-hydrogen) atoms. The fourth-order valence-corrected chi connectivity index (χ4v) is 0.278. The van der Waals surface area contributed by atoms with Crippen molar-refractivity contribution in [2.75, 3.05) is 0 Å². The molecule has 3 heteroatoms. The molecule has 0 saturated carbocycles. The Balaban J connectivity index is 3.73. The zero-order chi connectivity index (χ0) is 7.98. The van der Waals surface area contributed by atoms with Crippen LogP contribution in [0.2, 0.25) is 0 Å². The molecule has 0 saturated heterocycles. The zero-order valence-corrected chi connectivity index (χ0v) is 5.72. The van der Waals surface area contributed by atoms with Gasteiger partial charge >= 0.3 is 0 Å². The van der Waals surface area contributed by atoms with Gasteiger partial charge in [-0.05, 0) is 6.92 Å². The van der Waals surface area contributed by atoms with E-state index >= 15 is 0 Å². The van der Waals surface area contributed by atoms with Crippen molar-refractivity contribution in [2.45, 2.75) is 6.92 Å². The highest BCUT2D eigenvalue weighted by Crippen LogP contribution is 1.84. The molecule has 0 unspecified atom stereocenters. The van der Waals surface area contributed by atoms with Crippen molar-refractivity contribution in [1.82, 2.24) is 5.32 Å². The number of allylic oxidation sites excluding steroid dienone is 1. The van der Waals surface area contributed by atoms with Gasteiger partial charge in [0.15, 0.2) is 0 Å². The minimum Gasteiger partial charge on any atom is -0.328 e. The lowest BCUT2D eigenvalue weighted by Gasteiger charge is -1.94. The summed E-state index contributed by atoms with van der Waals surface area (Å²) in [6, 6.07) is 1.74. The average Bonchev–Trinajstić information content (AvgIpc) is 1.88. The van der Waals surface area contributed by atoms with Crippen LogP contribution in [0.5, 0.6) is 0 Å². The SMILES string of the molecule is C=C(C)C(=O)NC=CC#N. The molecule has 0 aromatic rings. The summed E-state index contributed by atoms with van der Waals surface area (Å²) >= 11 is 0. The van der Waals surface area contributed by atoms with Crippen LogP contribution < -0.4 is 5.32 Å². The fourth-order valence-electron chi connectivity index (χ4n) is 0.278. The Kier molecular flexibility index (Phi) is 3.66. The van der Waals surface area contributed by atoms with Crippen LogP contribution in [-0.4, -0.2) is 5.91 Å². The first kappa shape index (κ1) is 8.44. The average molecular weight is 136 g/mol. The normalized spacial score (nSPS) is 8.80. The predicted molar refractivity (Wildman–Crippen MR) is 37.7 cm³/mol. The lowest BCUT2D eigenvalue weighted by atomic mass is 10.3. The molecular formula is C7H8N2O. The molecule has 0 aliphatic heterocycles. The maximum absolute atomic E-state index is 10.6. The topological polar surface area (TPSA) is 52.9 Å². The summed E-state index contributed by atoms with van der Waals surface area (Å²) in [7, 11) is 0. The number of nitrogens with zero attached hydrogens (tertiary/aromatic N) is 1.